The number of hydrogen-bond donors (Lipinski definition) is 0. The van der Waals surface area contributed by atoms with Gasteiger partial charge in [0.15, 0.2) is 11.5 Å². The Balaban J connectivity index is 3.06. The van der Waals surface area contributed by atoms with Crippen molar-refractivity contribution in [3.05, 3.63) is 23.8 Å². The molecular weight excluding hydrogens is 248 g/mol. The van der Waals surface area contributed by atoms with Crippen LogP contribution in [0.15, 0.2) is 18.2 Å². The van der Waals surface area contributed by atoms with Gasteiger partial charge in [0.05, 0.1) is 18.6 Å². The quantitative estimate of drug-likeness (QED) is 0.715. The van der Waals surface area contributed by atoms with E-state index in [9.17, 15) is 0 Å². The van der Waals surface area contributed by atoms with Gasteiger partial charge in [-0.05, 0) is 37.0 Å². The number of ether oxygens (including phenoxy) is 2. The number of benzene rings is 1. The van der Waals surface area contributed by atoms with Crippen LogP contribution in [0, 0.1) is 5.41 Å². The molecule has 0 heterocycles. The maximum Gasteiger partial charge on any atom is 0.161 e. The smallest absolute Gasteiger partial charge is 0.161 e. The normalized spacial score (nSPS) is 13.2. The second-order valence-electron chi connectivity index (χ2n) is 5.30. The Bertz CT molecular complexity index is 383. The predicted molar refractivity (Wildman–Crippen MR) is 76.8 cm³/mol. The van der Waals surface area contributed by atoms with E-state index in [2.05, 4.69) is 20.8 Å². The third kappa shape index (κ3) is 3.81. The van der Waals surface area contributed by atoms with Crippen LogP contribution in [0.25, 0.3) is 0 Å². The summed E-state index contributed by atoms with van der Waals surface area (Å²) in [6.45, 7) is 11.5. The number of rotatable bonds is 5. The lowest BCUT2D eigenvalue weighted by Crippen LogP contribution is -2.13. The molecule has 1 rings (SSSR count). The molecule has 0 N–H and O–H groups in total. The van der Waals surface area contributed by atoms with E-state index >= 15 is 0 Å². The van der Waals surface area contributed by atoms with Crippen molar-refractivity contribution in [3.63, 3.8) is 0 Å². The monoisotopic (exact) mass is 270 g/mol. The first-order valence-corrected chi connectivity index (χ1v) is 6.87. The van der Waals surface area contributed by atoms with Crippen molar-refractivity contribution in [2.24, 2.45) is 5.41 Å². The Kier molecular flexibility index (Phi) is 5.33. The van der Waals surface area contributed by atoms with E-state index in [1.165, 1.54) is 0 Å². The SMILES string of the molecule is CCOc1ccc(C(Cl)C(C)(C)C)cc1OCC. The van der Waals surface area contributed by atoms with Crippen LogP contribution in [0.5, 0.6) is 11.5 Å². The molecule has 0 spiro atoms. The first-order chi connectivity index (χ1) is 8.40. The molecule has 0 amide bonds. The van der Waals surface area contributed by atoms with Gasteiger partial charge in [-0.1, -0.05) is 26.8 Å². The topological polar surface area (TPSA) is 18.5 Å². The van der Waals surface area contributed by atoms with Gasteiger partial charge in [0.2, 0.25) is 0 Å². The molecule has 1 unspecified atom stereocenters. The molecule has 0 aliphatic rings. The van der Waals surface area contributed by atoms with E-state index < -0.39 is 0 Å². The fourth-order valence-electron chi connectivity index (χ4n) is 1.73. The first kappa shape index (κ1) is 15.2. The highest BCUT2D eigenvalue weighted by molar-refractivity contribution is 6.21. The van der Waals surface area contributed by atoms with Crippen LogP contribution in [0.4, 0.5) is 0 Å². The first-order valence-electron chi connectivity index (χ1n) is 6.43. The molecule has 0 aromatic heterocycles. The Hall–Kier alpha value is -0.890. The summed E-state index contributed by atoms with van der Waals surface area (Å²) in [5.41, 5.74) is 1.08. The van der Waals surface area contributed by atoms with Crippen molar-refractivity contribution < 1.29 is 9.47 Å². The molecule has 2 nitrogen and oxygen atoms in total. The predicted octanol–water partition coefficient (Wildman–Crippen LogP) is 4.81. The van der Waals surface area contributed by atoms with Crippen LogP contribution in [0.2, 0.25) is 0 Å². The van der Waals surface area contributed by atoms with Crippen LogP contribution in [-0.4, -0.2) is 13.2 Å². The van der Waals surface area contributed by atoms with Crippen LogP contribution >= 0.6 is 11.6 Å². The third-order valence-corrected chi connectivity index (χ3v) is 3.53. The van der Waals surface area contributed by atoms with Crippen molar-refractivity contribution >= 4 is 11.6 Å². The molecule has 102 valence electrons. The van der Waals surface area contributed by atoms with Gasteiger partial charge in [-0.3, -0.25) is 0 Å². The molecule has 1 aromatic carbocycles. The van der Waals surface area contributed by atoms with E-state index in [-0.39, 0.29) is 10.8 Å². The molecule has 0 saturated carbocycles. The highest BCUT2D eigenvalue weighted by Crippen LogP contribution is 2.41. The van der Waals surface area contributed by atoms with Crippen molar-refractivity contribution in [1.82, 2.24) is 0 Å². The van der Waals surface area contributed by atoms with Gasteiger partial charge in [-0.15, -0.1) is 11.6 Å². The van der Waals surface area contributed by atoms with Crippen molar-refractivity contribution in [3.8, 4) is 11.5 Å². The largest absolute Gasteiger partial charge is 0.490 e. The lowest BCUT2D eigenvalue weighted by atomic mass is 9.87. The zero-order valence-corrected chi connectivity index (χ0v) is 12.7. The van der Waals surface area contributed by atoms with Gasteiger partial charge in [-0.2, -0.15) is 0 Å². The summed E-state index contributed by atoms with van der Waals surface area (Å²) < 4.78 is 11.2. The van der Waals surface area contributed by atoms with E-state index in [4.69, 9.17) is 21.1 Å². The summed E-state index contributed by atoms with van der Waals surface area (Å²) in [4.78, 5) is 0. The zero-order chi connectivity index (χ0) is 13.8. The third-order valence-electron chi connectivity index (χ3n) is 2.62. The standard InChI is InChI=1S/C15H23ClO2/c1-6-17-12-9-8-11(10-13(12)18-7-2)14(16)15(3,4)5/h8-10,14H,6-7H2,1-5H3. The average molecular weight is 271 g/mol. The second kappa shape index (κ2) is 6.33. The van der Waals surface area contributed by atoms with Gasteiger partial charge in [0, 0.05) is 0 Å². The molecule has 18 heavy (non-hydrogen) atoms. The minimum absolute atomic E-state index is 0.0121. The Morgan fingerprint density at radius 3 is 2.11 bits per heavy atom. The fourth-order valence-corrected chi connectivity index (χ4v) is 1.86. The summed E-state index contributed by atoms with van der Waals surface area (Å²) >= 11 is 6.49. The van der Waals surface area contributed by atoms with Crippen LogP contribution < -0.4 is 9.47 Å². The van der Waals surface area contributed by atoms with Gasteiger partial charge in [-0.25, -0.2) is 0 Å². The lowest BCUT2D eigenvalue weighted by molar-refractivity contribution is 0.287. The highest BCUT2D eigenvalue weighted by atomic mass is 35.5. The number of alkyl halides is 1. The summed E-state index contributed by atoms with van der Waals surface area (Å²) in [5.74, 6) is 1.55. The number of halogens is 1. The fraction of sp³-hybridized carbons (Fsp3) is 0.600. The van der Waals surface area contributed by atoms with Crippen molar-refractivity contribution in [1.29, 1.82) is 0 Å². The minimum atomic E-state index is -0.0487. The molecular formula is C15H23ClO2. The highest BCUT2D eigenvalue weighted by Gasteiger charge is 2.24. The van der Waals surface area contributed by atoms with E-state index in [1.54, 1.807) is 0 Å². The maximum absolute atomic E-state index is 6.49. The van der Waals surface area contributed by atoms with Crippen molar-refractivity contribution in [2.75, 3.05) is 13.2 Å². The summed E-state index contributed by atoms with van der Waals surface area (Å²) in [6.07, 6.45) is 0. The van der Waals surface area contributed by atoms with Gasteiger partial charge in [0.25, 0.3) is 0 Å². The van der Waals surface area contributed by atoms with Gasteiger partial charge >= 0.3 is 0 Å². The summed E-state index contributed by atoms with van der Waals surface area (Å²) in [7, 11) is 0. The Morgan fingerprint density at radius 1 is 1.06 bits per heavy atom. The molecule has 0 fully saturated rings. The Morgan fingerprint density at radius 2 is 1.61 bits per heavy atom. The van der Waals surface area contributed by atoms with E-state index in [1.807, 2.05) is 32.0 Å². The van der Waals surface area contributed by atoms with Crippen LogP contribution in [0.1, 0.15) is 45.6 Å². The minimum Gasteiger partial charge on any atom is -0.490 e. The Labute approximate surface area is 115 Å². The van der Waals surface area contributed by atoms with Gasteiger partial charge in [0.1, 0.15) is 0 Å². The lowest BCUT2D eigenvalue weighted by Gasteiger charge is -2.26. The summed E-state index contributed by atoms with van der Waals surface area (Å²) in [6, 6.07) is 5.93. The molecule has 0 radical (unpaired) electrons. The molecule has 0 aliphatic heterocycles. The van der Waals surface area contributed by atoms with Crippen LogP contribution in [0.3, 0.4) is 0 Å². The molecule has 1 atom stereocenters. The van der Waals surface area contributed by atoms with Gasteiger partial charge < -0.3 is 9.47 Å². The van der Waals surface area contributed by atoms with Crippen molar-refractivity contribution in [2.45, 2.75) is 40.0 Å². The van der Waals surface area contributed by atoms with Crippen LogP contribution in [-0.2, 0) is 0 Å². The molecule has 1 aromatic rings. The molecule has 0 bridgehead atoms. The molecule has 3 heteroatoms. The zero-order valence-electron chi connectivity index (χ0n) is 11.9. The maximum atomic E-state index is 6.49. The summed E-state index contributed by atoms with van der Waals surface area (Å²) in [5, 5.41) is -0.0487. The number of hydrogen-bond acceptors (Lipinski definition) is 2. The average Bonchev–Trinajstić information content (AvgIpc) is 2.30. The second-order valence-corrected chi connectivity index (χ2v) is 5.74. The molecule has 0 aliphatic carbocycles. The molecule has 0 saturated heterocycles. The van der Waals surface area contributed by atoms with E-state index in [0.717, 1.165) is 17.1 Å². The van der Waals surface area contributed by atoms with E-state index in [0.29, 0.717) is 13.2 Å².